The standard InChI is InChI=1S/C5H9N3O2S2/c1-2-12(9,10)3-4-5(6)11-8-7-4/h2-3,6H2,1H3. The van der Waals surface area contributed by atoms with Crippen molar-refractivity contribution in [3.05, 3.63) is 5.69 Å². The normalized spacial score (nSPS) is 11.8. The van der Waals surface area contributed by atoms with Gasteiger partial charge in [0.2, 0.25) is 0 Å². The van der Waals surface area contributed by atoms with Crippen LogP contribution in [0.1, 0.15) is 12.6 Å². The molecule has 0 saturated carbocycles. The molecule has 12 heavy (non-hydrogen) atoms. The fraction of sp³-hybridized carbons (Fsp3) is 0.600. The van der Waals surface area contributed by atoms with Gasteiger partial charge in [0.05, 0.1) is 5.75 Å². The van der Waals surface area contributed by atoms with Crippen molar-refractivity contribution in [1.82, 2.24) is 9.59 Å². The topological polar surface area (TPSA) is 85.9 Å². The zero-order valence-corrected chi connectivity index (χ0v) is 8.15. The summed E-state index contributed by atoms with van der Waals surface area (Å²) in [5.74, 6) is -0.00417. The molecule has 0 fully saturated rings. The van der Waals surface area contributed by atoms with Gasteiger partial charge in [-0.25, -0.2) is 8.42 Å². The number of nitrogens with zero attached hydrogens (tertiary/aromatic N) is 2. The Labute approximate surface area is 74.7 Å². The molecule has 0 unspecified atom stereocenters. The second-order valence-corrected chi connectivity index (χ2v) is 5.40. The molecule has 7 heteroatoms. The lowest BCUT2D eigenvalue weighted by atomic mass is 10.5. The first-order valence-corrected chi connectivity index (χ1v) is 5.92. The minimum absolute atomic E-state index is 0.101. The molecule has 0 atom stereocenters. The van der Waals surface area contributed by atoms with Crippen LogP contribution in [-0.2, 0) is 15.6 Å². The molecule has 0 aliphatic heterocycles. The average Bonchev–Trinajstić information content (AvgIpc) is 2.36. The van der Waals surface area contributed by atoms with Crippen molar-refractivity contribution in [1.29, 1.82) is 0 Å². The molecule has 0 aliphatic rings. The van der Waals surface area contributed by atoms with Crippen molar-refractivity contribution in [2.24, 2.45) is 0 Å². The fourth-order valence-corrected chi connectivity index (χ4v) is 2.00. The molecule has 0 aromatic carbocycles. The predicted octanol–water partition coefficient (Wildman–Crippen LogP) is 0.0550. The third kappa shape index (κ3) is 2.15. The molecule has 1 aromatic heterocycles. The summed E-state index contributed by atoms with van der Waals surface area (Å²) >= 11 is 1.01. The lowest BCUT2D eigenvalue weighted by molar-refractivity contribution is 0.596. The molecule has 0 bridgehead atoms. The van der Waals surface area contributed by atoms with E-state index in [0.717, 1.165) is 11.5 Å². The van der Waals surface area contributed by atoms with E-state index in [1.54, 1.807) is 6.92 Å². The third-order valence-electron chi connectivity index (χ3n) is 1.38. The Hall–Kier alpha value is -0.690. The van der Waals surface area contributed by atoms with Gasteiger partial charge in [0, 0.05) is 17.3 Å². The Morgan fingerprint density at radius 2 is 2.25 bits per heavy atom. The maximum Gasteiger partial charge on any atom is 0.155 e. The van der Waals surface area contributed by atoms with Crippen molar-refractivity contribution >= 4 is 26.4 Å². The minimum Gasteiger partial charge on any atom is -0.388 e. The van der Waals surface area contributed by atoms with E-state index < -0.39 is 9.84 Å². The molecule has 68 valence electrons. The summed E-state index contributed by atoms with van der Waals surface area (Å²) in [5.41, 5.74) is 5.79. The summed E-state index contributed by atoms with van der Waals surface area (Å²) in [7, 11) is -3.04. The van der Waals surface area contributed by atoms with Gasteiger partial charge >= 0.3 is 0 Å². The zero-order chi connectivity index (χ0) is 9.19. The summed E-state index contributed by atoms with van der Waals surface area (Å²) in [6, 6.07) is 0. The third-order valence-corrected chi connectivity index (χ3v) is 3.57. The molecule has 2 N–H and O–H groups in total. The highest BCUT2D eigenvalue weighted by Crippen LogP contribution is 2.15. The number of rotatable bonds is 3. The molecule has 0 spiro atoms. The van der Waals surface area contributed by atoms with Gasteiger partial charge in [-0.3, -0.25) is 0 Å². The SMILES string of the molecule is CCS(=O)(=O)Cc1nnsc1N. The fourth-order valence-electron chi connectivity index (χ4n) is 0.626. The largest absolute Gasteiger partial charge is 0.388 e. The first-order chi connectivity index (χ1) is 5.55. The molecular weight excluding hydrogens is 198 g/mol. The maximum atomic E-state index is 11.1. The van der Waals surface area contributed by atoms with Gasteiger partial charge in [0.25, 0.3) is 0 Å². The summed E-state index contributed by atoms with van der Waals surface area (Å²) in [6.45, 7) is 1.59. The van der Waals surface area contributed by atoms with Crippen molar-refractivity contribution < 1.29 is 8.42 Å². The van der Waals surface area contributed by atoms with E-state index in [-0.39, 0.29) is 11.5 Å². The van der Waals surface area contributed by atoms with Crippen LogP contribution < -0.4 is 5.73 Å². The van der Waals surface area contributed by atoms with Crippen LogP contribution >= 0.6 is 11.5 Å². The highest BCUT2D eigenvalue weighted by molar-refractivity contribution is 7.90. The number of hydrogen-bond donors (Lipinski definition) is 1. The Balaban J connectivity index is 2.84. The highest BCUT2D eigenvalue weighted by atomic mass is 32.2. The van der Waals surface area contributed by atoms with Crippen LogP contribution in [0.4, 0.5) is 5.00 Å². The van der Waals surface area contributed by atoms with Gasteiger partial charge in [-0.05, 0) is 0 Å². The van der Waals surface area contributed by atoms with Crippen LogP contribution in [0.3, 0.4) is 0 Å². The number of aromatic nitrogens is 2. The Morgan fingerprint density at radius 1 is 1.58 bits per heavy atom. The Bertz CT molecular complexity index is 357. The first kappa shape index (κ1) is 9.40. The molecule has 0 radical (unpaired) electrons. The smallest absolute Gasteiger partial charge is 0.155 e. The van der Waals surface area contributed by atoms with E-state index in [1.165, 1.54) is 0 Å². The van der Waals surface area contributed by atoms with Crippen LogP contribution in [0, 0.1) is 0 Å². The van der Waals surface area contributed by atoms with Crippen molar-refractivity contribution in [3.63, 3.8) is 0 Å². The molecule has 0 aliphatic carbocycles. The van der Waals surface area contributed by atoms with E-state index in [4.69, 9.17) is 5.73 Å². The molecule has 0 amide bonds. The van der Waals surface area contributed by atoms with Gasteiger partial charge in [0.1, 0.15) is 10.7 Å². The van der Waals surface area contributed by atoms with Gasteiger partial charge < -0.3 is 5.73 Å². The van der Waals surface area contributed by atoms with Crippen molar-refractivity contribution in [2.75, 3.05) is 11.5 Å². The van der Waals surface area contributed by atoms with Gasteiger partial charge in [-0.1, -0.05) is 11.4 Å². The number of anilines is 1. The number of nitrogen functional groups attached to an aromatic ring is 1. The van der Waals surface area contributed by atoms with Crippen LogP contribution in [0.2, 0.25) is 0 Å². The van der Waals surface area contributed by atoms with E-state index in [1.807, 2.05) is 0 Å². The lowest BCUT2D eigenvalue weighted by Crippen LogP contribution is -2.08. The van der Waals surface area contributed by atoms with E-state index in [9.17, 15) is 8.42 Å². The molecule has 1 aromatic rings. The van der Waals surface area contributed by atoms with Crippen LogP contribution in [0.15, 0.2) is 0 Å². The molecular formula is C5H9N3O2S2. The average molecular weight is 207 g/mol. The minimum atomic E-state index is -3.04. The highest BCUT2D eigenvalue weighted by Gasteiger charge is 2.13. The molecule has 1 heterocycles. The summed E-state index contributed by atoms with van der Waals surface area (Å²) in [4.78, 5) is 0. The summed E-state index contributed by atoms with van der Waals surface area (Å²) < 4.78 is 25.7. The summed E-state index contributed by atoms with van der Waals surface area (Å²) in [6.07, 6.45) is 0. The van der Waals surface area contributed by atoms with Crippen molar-refractivity contribution in [2.45, 2.75) is 12.7 Å². The second kappa shape index (κ2) is 3.36. The van der Waals surface area contributed by atoms with E-state index >= 15 is 0 Å². The van der Waals surface area contributed by atoms with E-state index in [0.29, 0.717) is 10.7 Å². The first-order valence-electron chi connectivity index (χ1n) is 3.32. The van der Waals surface area contributed by atoms with Crippen LogP contribution in [0.25, 0.3) is 0 Å². The van der Waals surface area contributed by atoms with Gasteiger partial charge in [-0.15, -0.1) is 5.10 Å². The van der Waals surface area contributed by atoms with E-state index in [2.05, 4.69) is 9.59 Å². The van der Waals surface area contributed by atoms with Gasteiger partial charge in [0.15, 0.2) is 9.84 Å². The number of nitrogens with two attached hydrogens (primary N) is 1. The zero-order valence-electron chi connectivity index (χ0n) is 6.52. The van der Waals surface area contributed by atoms with Crippen molar-refractivity contribution in [3.8, 4) is 0 Å². The molecule has 0 saturated heterocycles. The predicted molar refractivity (Wildman–Crippen MR) is 47.5 cm³/mol. The maximum absolute atomic E-state index is 11.1. The quantitative estimate of drug-likeness (QED) is 0.757. The van der Waals surface area contributed by atoms with Gasteiger partial charge in [-0.2, -0.15) is 0 Å². The molecule has 5 nitrogen and oxygen atoms in total. The number of hydrogen-bond acceptors (Lipinski definition) is 6. The lowest BCUT2D eigenvalue weighted by Gasteiger charge is -1.96. The Kier molecular flexibility index (Phi) is 2.63. The van der Waals surface area contributed by atoms with Crippen LogP contribution in [-0.4, -0.2) is 23.8 Å². The molecule has 1 rings (SSSR count). The van der Waals surface area contributed by atoms with Crippen LogP contribution in [0.5, 0.6) is 0 Å². The Morgan fingerprint density at radius 3 is 2.67 bits per heavy atom. The summed E-state index contributed by atoms with van der Waals surface area (Å²) in [5, 5.41) is 3.99. The number of sulfone groups is 1. The monoisotopic (exact) mass is 207 g/mol. The second-order valence-electron chi connectivity index (χ2n) is 2.26.